The molecule has 0 saturated carbocycles. The molecule has 0 bridgehead atoms. The summed E-state index contributed by atoms with van der Waals surface area (Å²) in [6.45, 7) is 9.43. The molecule has 158 valence electrons. The lowest BCUT2D eigenvalue weighted by molar-refractivity contribution is 0.331. The molecule has 0 aromatic heterocycles. The fourth-order valence-corrected chi connectivity index (χ4v) is 5.09. The smallest absolute Gasteiger partial charge is 0.241 e. The maximum Gasteiger partial charge on any atom is 0.241 e. The Morgan fingerprint density at radius 3 is 2.28 bits per heavy atom. The molecule has 1 heterocycles. The van der Waals surface area contributed by atoms with Crippen LogP contribution in [0.15, 0.2) is 41.3 Å². The van der Waals surface area contributed by atoms with Crippen molar-refractivity contribution >= 4 is 10.0 Å². The van der Waals surface area contributed by atoms with Crippen LogP contribution in [0.25, 0.3) is 0 Å². The third-order valence-corrected chi connectivity index (χ3v) is 7.08. The van der Waals surface area contributed by atoms with Gasteiger partial charge in [0.2, 0.25) is 10.0 Å². The molecule has 6 heteroatoms. The predicted octanol–water partition coefficient (Wildman–Crippen LogP) is 4.20. The molecule has 0 aliphatic carbocycles. The van der Waals surface area contributed by atoms with Gasteiger partial charge in [-0.1, -0.05) is 38.1 Å². The van der Waals surface area contributed by atoms with Gasteiger partial charge in [0, 0.05) is 13.1 Å². The number of benzene rings is 2. The van der Waals surface area contributed by atoms with Crippen molar-refractivity contribution in [2.45, 2.75) is 57.5 Å². The Kier molecular flexibility index (Phi) is 6.98. The van der Waals surface area contributed by atoms with Gasteiger partial charge in [-0.25, -0.2) is 13.1 Å². The van der Waals surface area contributed by atoms with Gasteiger partial charge < -0.3 is 4.74 Å². The lowest BCUT2D eigenvalue weighted by Gasteiger charge is -2.17. The second-order valence-electron chi connectivity index (χ2n) is 8.14. The molecule has 2 aromatic carbocycles. The van der Waals surface area contributed by atoms with E-state index in [1.54, 1.807) is 26.2 Å². The molecule has 1 saturated heterocycles. The van der Waals surface area contributed by atoms with E-state index in [-0.39, 0.29) is 12.5 Å². The number of aryl methyl sites for hydroxylation is 1. The van der Waals surface area contributed by atoms with Crippen molar-refractivity contribution in [3.05, 3.63) is 58.7 Å². The van der Waals surface area contributed by atoms with Gasteiger partial charge in [0.05, 0.1) is 12.0 Å². The molecule has 29 heavy (non-hydrogen) atoms. The Balaban J connectivity index is 1.70. The van der Waals surface area contributed by atoms with Crippen LogP contribution in [0.3, 0.4) is 0 Å². The van der Waals surface area contributed by atoms with Crippen LogP contribution in [0.1, 0.15) is 54.9 Å². The Morgan fingerprint density at radius 1 is 1.07 bits per heavy atom. The third-order valence-electron chi connectivity index (χ3n) is 5.53. The molecule has 0 spiro atoms. The number of likely N-dealkylation sites (tertiary alicyclic amines) is 1. The van der Waals surface area contributed by atoms with Gasteiger partial charge in [0.1, 0.15) is 5.75 Å². The summed E-state index contributed by atoms with van der Waals surface area (Å²) in [5, 5.41) is 0. The zero-order valence-corrected chi connectivity index (χ0v) is 18.7. The predicted molar refractivity (Wildman–Crippen MR) is 117 cm³/mol. The summed E-state index contributed by atoms with van der Waals surface area (Å²) >= 11 is 0. The van der Waals surface area contributed by atoms with Crippen molar-refractivity contribution in [1.29, 1.82) is 0 Å². The summed E-state index contributed by atoms with van der Waals surface area (Å²) in [5.74, 6) is 0.896. The Hall–Kier alpha value is -1.89. The van der Waals surface area contributed by atoms with E-state index in [1.807, 2.05) is 26.0 Å². The summed E-state index contributed by atoms with van der Waals surface area (Å²) in [4.78, 5) is 2.77. The van der Waals surface area contributed by atoms with Gasteiger partial charge in [-0.05, 0) is 73.2 Å². The highest BCUT2D eigenvalue weighted by molar-refractivity contribution is 7.89. The van der Waals surface area contributed by atoms with E-state index in [0.29, 0.717) is 10.5 Å². The summed E-state index contributed by atoms with van der Waals surface area (Å²) in [7, 11) is -2.00. The molecule has 2 aromatic rings. The number of hydrogen-bond acceptors (Lipinski definition) is 4. The number of sulfonamides is 1. The van der Waals surface area contributed by atoms with Crippen molar-refractivity contribution in [3.63, 3.8) is 0 Å². The quantitative estimate of drug-likeness (QED) is 0.701. The van der Waals surface area contributed by atoms with Crippen LogP contribution < -0.4 is 9.46 Å². The first-order valence-corrected chi connectivity index (χ1v) is 11.8. The first kappa shape index (κ1) is 21.8. The minimum Gasteiger partial charge on any atom is -0.496 e. The lowest BCUT2D eigenvalue weighted by Crippen LogP contribution is -2.24. The standard InChI is InChI=1S/C23H32N2O3S/c1-17(2)21-14-23(18(3)13-22(21)28-4)29(26,27)24-15-19-7-9-20(10-8-19)16-25-11-5-6-12-25/h7-10,13-14,17,24H,5-6,11-12,15-16H2,1-4H3. The largest absolute Gasteiger partial charge is 0.496 e. The van der Waals surface area contributed by atoms with Crippen LogP contribution >= 0.6 is 0 Å². The number of ether oxygens (including phenoxy) is 1. The van der Waals surface area contributed by atoms with Gasteiger partial charge in [-0.2, -0.15) is 0 Å². The van der Waals surface area contributed by atoms with Crippen LogP contribution in [-0.4, -0.2) is 33.5 Å². The van der Waals surface area contributed by atoms with E-state index < -0.39 is 10.0 Å². The van der Waals surface area contributed by atoms with E-state index in [1.165, 1.54) is 31.5 Å². The van der Waals surface area contributed by atoms with Crippen molar-refractivity contribution in [3.8, 4) is 5.75 Å². The van der Waals surface area contributed by atoms with Gasteiger partial charge in [-0.15, -0.1) is 0 Å². The van der Waals surface area contributed by atoms with Crippen molar-refractivity contribution in [2.24, 2.45) is 0 Å². The van der Waals surface area contributed by atoms with E-state index in [9.17, 15) is 8.42 Å². The highest BCUT2D eigenvalue weighted by atomic mass is 32.2. The highest BCUT2D eigenvalue weighted by Crippen LogP contribution is 2.31. The molecule has 0 radical (unpaired) electrons. The maximum absolute atomic E-state index is 12.9. The Morgan fingerprint density at radius 2 is 1.69 bits per heavy atom. The van der Waals surface area contributed by atoms with Gasteiger partial charge in [0.25, 0.3) is 0 Å². The minimum atomic E-state index is -3.61. The van der Waals surface area contributed by atoms with Crippen molar-refractivity contribution in [2.75, 3.05) is 20.2 Å². The van der Waals surface area contributed by atoms with Crippen LogP contribution in [0.2, 0.25) is 0 Å². The molecule has 3 rings (SSSR count). The molecule has 1 aliphatic rings. The normalized spacial score (nSPS) is 15.2. The first-order chi connectivity index (χ1) is 13.8. The topological polar surface area (TPSA) is 58.6 Å². The molecule has 1 N–H and O–H groups in total. The summed E-state index contributed by atoms with van der Waals surface area (Å²) in [6.07, 6.45) is 2.56. The fourth-order valence-electron chi connectivity index (χ4n) is 3.81. The number of methoxy groups -OCH3 is 1. The first-order valence-electron chi connectivity index (χ1n) is 10.3. The summed E-state index contributed by atoms with van der Waals surface area (Å²) < 4.78 is 34.1. The number of nitrogens with zero attached hydrogens (tertiary/aromatic N) is 1. The molecule has 1 aliphatic heterocycles. The monoisotopic (exact) mass is 416 g/mol. The van der Waals surface area contributed by atoms with Crippen molar-refractivity contribution < 1.29 is 13.2 Å². The van der Waals surface area contributed by atoms with Crippen molar-refractivity contribution in [1.82, 2.24) is 9.62 Å². The van der Waals surface area contributed by atoms with Crippen LogP contribution in [0, 0.1) is 6.92 Å². The summed E-state index contributed by atoms with van der Waals surface area (Å²) in [6, 6.07) is 11.7. The Labute approximate surface area is 175 Å². The number of rotatable bonds is 8. The molecular weight excluding hydrogens is 384 g/mol. The maximum atomic E-state index is 12.9. The van der Waals surface area contributed by atoms with Gasteiger partial charge >= 0.3 is 0 Å². The van der Waals surface area contributed by atoms with Gasteiger partial charge in [-0.3, -0.25) is 4.90 Å². The average molecular weight is 417 g/mol. The van der Waals surface area contributed by atoms with E-state index >= 15 is 0 Å². The fraction of sp³-hybridized carbons (Fsp3) is 0.478. The molecular formula is C23H32N2O3S. The second kappa shape index (κ2) is 9.28. The van der Waals surface area contributed by atoms with E-state index in [2.05, 4.69) is 21.8 Å². The second-order valence-corrected chi connectivity index (χ2v) is 9.87. The molecule has 0 amide bonds. The van der Waals surface area contributed by atoms with Crippen LogP contribution in [0.5, 0.6) is 5.75 Å². The number of hydrogen-bond donors (Lipinski definition) is 1. The van der Waals surface area contributed by atoms with Crippen LogP contribution in [-0.2, 0) is 23.1 Å². The third kappa shape index (κ3) is 5.38. The molecule has 0 unspecified atom stereocenters. The SMILES string of the molecule is COc1cc(C)c(S(=O)(=O)NCc2ccc(CN3CCCC3)cc2)cc1C(C)C. The minimum absolute atomic E-state index is 0.169. The highest BCUT2D eigenvalue weighted by Gasteiger charge is 2.21. The number of nitrogens with one attached hydrogen (secondary N) is 1. The van der Waals surface area contributed by atoms with Crippen LogP contribution in [0.4, 0.5) is 0 Å². The molecule has 5 nitrogen and oxygen atoms in total. The lowest BCUT2D eigenvalue weighted by atomic mass is 10.0. The molecule has 1 fully saturated rings. The zero-order valence-electron chi connectivity index (χ0n) is 17.9. The molecule has 0 atom stereocenters. The van der Waals surface area contributed by atoms with E-state index in [0.717, 1.165) is 23.4 Å². The average Bonchev–Trinajstić information content (AvgIpc) is 3.19. The zero-order chi connectivity index (χ0) is 21.0. The summed E-state index contributed by atoms with van der Waals surface area (Å²) in [5.41, 5.74) is 3.80. The van der Waals surface area contributed by atoms with Gasteiger partial charge in [0.15, 0.2) is 0 Å². The van der Waals surface area contributed by atoms with E-state index in [4.69, 9.17) is 4.74 Å². The Bertz CT molecular complexity index is 931.